The van der Waals surface area contributed by atoms with Gasteiger partial charge in [0, 0.05) is 10.8 Å². The molecule has 2 heterocycles. The lowest BCUT2D eigenvalue weighted by Crippen LogP contribution is -2.03. The SMILES string of the molecule is O=S(=O)(O)c1ccc2ccc3ccc(S(=O)(=O)O)nc3c2n1. The summed E-state index contributed by atoms with van der Waals surface area (Å²) in [6.45, 7) is 0. The third-order valence-electron chi connectivity index (χ3n) is 3.00. The molecule has 2 N–H and O–H groups in total. The van der Waals surface area contributed by atoms with E-state index in [0.717, 1.165) is 12.1 Å². The van der Waals surface area contributed by atoms with E-state index < -0.39 is 30.3 Å². The summed E-state index contributed by atoms with van der Waals surface area (Å²) in [5.41, 5.74) is 0.191. The predicted octanol–water partition coefficient (Wildman–Crippen LogP) is 1.28. The van der Waals surface area contributed by atoms with Crippen LogP contribution in [0, 0.1) is 0 Å². The third-order valence-corrected chi connectivity index (χ3v) is 4.51. The van der Waals surface area contributed by atoms with Gasteiger partial charge in [-0.3, -0.25) is 9.11 Å². The van der Waals surface area contributed by atoms with Crippen LogP contribution >= 0.6 is 0 Å². The minimum atomic E-state index is -4.51. The number of benzene rings is 1. The normalized spacial score (nSPS) is 12.8. The fourth-order valence-corrected chi connectivity index (χ4v) is 2.91. The Morgan fingerprint density at radius 2 is 0.955 bits per heavy atom. The Balaban J connectivity index is 2.46. The molecule has 0 spiro atoms. The summed E-state index contributed by atoms with van der Waals surface area (Å²) < 4.78 is 62.8. The van der Waals surface area contributed by atoms with Gasteiger partial charge < -0.3 is 0 Å². The van der Waals surface area contributed by atoms with Gasteiger partial charge >= 0.3 is 20.2 Å². The molecule has 3 rings (SSSR count). The molecule has 1 aromatic carbocycles. The van der Waals surface area contributed by atoms with Gasteiger partial charge in [0.05, 0.1) is 11.0 Å². The van der Waals surface area contributed by atoms with Crippen molar-refractivity contribution >= 4 is 42.0 Å². The van der Waals surface area contributed by atoms with Crippen LogP contribution in [0.15, 0.2) is 46.5 Å². The second kappa shape index (κ2) is 4.68. The predicted molar refractivity (Wildman–Crippen MR) is 76.7 cm³/mol. The molecule has 0 saturated heterocycles. The summed E-state index contributed by atoms with van der Waals surface area (Å²) in [5.74, 6) is 0. The minimum Gasteiger partial charge on any atom is -0.281 e. The van der Waals surface area contributed by atoms with Crippen molar-refractivity contribution < 1.29 is 25.9 Å². The number of hydrogen-bond donors (Lipinski definition) is 2. The molecular formula is C12H8N2O6S2. The lowest BCUT2D eigenvalue weighted by Gasteiger charge is -2.05. The van der Waals surface area contributed by atoms with Gasteiger partial charge in [-0.2, -0.15) is 16.8 Å². The molecule has 114 valence electrons. The van der Waals surface area contributed by atoms with Crippen molar-refractivity contribution in [2.45, 2.75) is 10.1 Å². The number of rotatable bonds is 2. The number of nitrogens with zero attached hydrogens (tertiary/aromatic N) is 2. The van der Waals surface area contributed by atoms with E-state index in [1.807, 2.05) is 0 Å². The quantitative estimate of drug-likeness (QED) is 0.526. The van der Waals surface area contributed by atoms with Crippen LogP contribution in [0.3, 0.4) is 0 Å². The summed E-state index contributed by atoms with van der Waals surface area (Å²) in [6, 6.07) is 8.35. The Morgan fingerprint density at radius 3 is 1.27 bits per heavy atom. The first kappa shape index (κ1) is 14.8. The molecule has 22 heavy (non-hydrogen) atoms. The highest BCUT2D eigenvalue weighted by Crippen LogP contribution is 2.25. The van der Waals surface area contributed by atoms with Gasteiger partial charge in [-0.15, -0.1) is 0 Å². The smallest absolute Gasteiger partial charge is 0.281 e. The molecule has 0 unspecified atom stereocenters. The van der Waals surface area contributed by atoms with Crippen LogP contribution in [0.4, 0.5) is 0 Å². The van der Waals surface area contributed by atoms with Crippen LogP contribution in [0.25, 0.3) is 21.8 Å². The second-order valence-electron chi connectivity index (χ2n) is 4.46. The lowest BCUT2D eigenvalue weighted by molar-refractivity contribution is 0.477. The van der Waals surface area contributed by atoms with Gasteiger partial charge in [0.25, 0.3) is 0 Å². The Hall–Kier alpha value is -2.14. The molecule has 0 bridgehead atoms. The maximum absolute atomic E-state index is 11.2. The van der Waals surface area contributed by atoms with Crippen LogP contribution in [0.1, 0.15) is 0 Å². The van der Waals surface area contributed by atoms with Crippen LogP contribution in [-0.4, -0.2) is 35.9 Å². The highest BCUT2D eigenvalue weighted by atomic mass is 32.2. The molecular weight excluding hydrogens is 332 g/mol. The first-order chi connectivity index (χ1) is 10.2. The molecule has 0 aliphatic heterocycles. The molecule has 0 saturated carbocycles. The number of hydrogen-bond acceptors (Lipinski definition) is 6. The summed E-state index contributed by atoms with van der Waals surface area (Å²) >= 11 is 0. The molecule has 0 radical (unpaired) electrons. The van der Waals surface area contributed by atoms with Crippen molar-refractivity contribution in [3.8, 4) is 0 Å². The van der Waals surface area contributed by atoms with Gasteiger partial charge in [0.1, 0.15) is 0 Å². The zero-order valence-electron chi connectivity index (χ0n) is 10.7. The molecule has 8 nitrogen and oxygen atoms in total. The summed E-state index contributed by atoms with van der Waals surface area (Å²) in [5, 5.41) is -0.155. The Labute approximate surface area is 124 Å². The molecule has 3 aromatic rings. The van der Waals surface area contributed by atoms with E-state index in [9.17, 15) is 16.8 Å². The average Bonchev–Trinajstić information content (AvgIpc) is 2.44. The highest BCUT2D eigenvalue weighted by Gasteiger charge is 2.16. The molecule has 10 heteroatoms. The van der Waals surface area contributed by atoms with Crippen LogP contribution in [0.2, 0.25) is 0 Å². The van der Waals surface area contributed by atoms with Gasteiger partial charge in [0.2, 0.25) is 0 Å². The van der Waals surface area contributed by atoms with Crippen LogP contribution in [-0.2, 0) is 20.2 Å². The van der Waals surface area contributed by atoms with Crippen LogP contribution < -0.4 is 0 Å². The Kier molecular flexibility index (Phi) is 3.14. The molecule has 0 aliphatic rings. The van der Waals surface area contributed by atoms with E-state index in [-0.39, 0.29) is 11.0 Å². The topological polar surface area (TPSA) is 135 Å². The van der Waals surface area contributed by atoms with Crippen LogP contribution in [0.5, 0.6) is 0 Å². The van der Waals surface area contributed by atoms with Gasteiger partial charge in [-0.25, -0.2) is 9.97 Å². The first-order valence-electron chi connectivity index (χ1n) is 5.82. The molecule has 0 fully saturated rings. The average molecular weight is 340 g/mol. The van der Waals surface area contributed by atoms with Crippen molar-refractivity contribution in [3.05, 3.63) is 36.4 Å². The van der Waals surface area contributed by atoms with Crippen molar-refractivity contribution in [3.63, 3.8) is 0 Å². The van der Waals surface area contributed by atoms with E-state index in [1.54, 1.807) is 12.1 Å². The standard InChI is InChI=1S/C12H8N2O6S2/c15-21(16,17)9-5-3-7-1-2-8-4-6-10(22(18,19)20)14-12(8)11(7)13-9/h1-6H,(H,15,16,17)(H,18,19,20). The molecule has 0 amide bonds. The van der Waals surface area contributed by atoms with Crippen molar-refractivity contribution in [2.24, 2.45) is 0 Å². The summed E-state index contributed by atoms with van der Waals surface area (Å²) in [7, 11) is -9.02. The molecule has 0 aliphatic carbocycles. The fraction of sp³-hybridized carbons (Fsp3) is 0. The van der Waals surface area contributed by atoms with Crippen molar-refractivity contribution in [1.29, 1.82) is 0 Å². The van der Waals surface area contributed by atoms with E-state index in [1.165, 1.54) is 12.1 Å². The van der Waals surface area contributed by atoms with Crippen molar-refractivity contribution in [2.75, 3.05) is 0 Å². The first-order valence-corrected chi connectivity index (χ1v) is 8.70. The highest BCUT2D eigenvalue weighted by molar-refractivity contribution is 7.86. The zero-order valence-corrected chi connectivity index (χ0v) is 12.3. The van der Waals surface area contributed by atoms with E-state index in [2.05, 4.69) is 9.97 Å². The summed E-state index contributed by atoms with van der Waals surface area (Å²) in [4.78, 5) is 7.64. The van der Waals surface area contributed by atoms with Gasteiger partial charge in [-0.1, -0.05) is 12.1 Å². The minimum absolute atomic E-state index is 0.0955. The van der Waals surface area contributed by atoms with Crippen molar-refractivity contribution in [1.82, 2.24) is 9.97 Å². The second-order valence-corrected chi connectivity index (χ2v) is 7.19. The number of fused-ring (bicyclic) bond motifs is 3. The lowest BCUT2D eigenvalue weighted by atomic mass is 10.1. The largest absolute Gasteiger partial charge is 0.312 e. The Morgan fingerprint density at radius 1 is 0.636 bits per heavy atom. The molecule has 0 atom stereocenters. The number of aromatic nitrogens is 2. The zero-order chi connectivity index (χ0) is 16.1. The third kappa shape index (κ3) is 2.52. The van der Waals surface area contributed by atoms with E-state index in [0.29, 0.717) is 10.8 Å². The Bertz CT molecular complexity index is 1030. The molecule has 2 aromatic heterocycles. The van der Waals surface area contributed by atoms with E-state index in [4.69, 9.17) is 9.11 Å². The summed E-state index contributed by atoms with van der Waals surface area (Å²) in [6.07, 6.45) is 0. The monoisotopic (exact) mass is 340 g/mol. The van der Waals surface area contributed by atoms with E-state index >= 15 is 0 Å². The number of pyridine rings is 2. The maximum Gasteiger partial charge on any atom is 0.312 e. The fourth-order valence-electron chi connectivity index (χ4n) is 2.02. The maximum atomic E-state index is 11.2. The van der Waals surface area contributed by atoms with Gasteiger partial charge in [-0.05, 0) is 24.3 Å². The van der Waals surface area contributed by atoms with Gasteiger partial charge in [0.15, 0.2) is 10.1 Å².